The molecule has 1 aliphatic carbocycles. The van der Waals surface area contributed by atoms with E-state index in [1.54, 1.807) is 4.90 Å². The molecule has 0 bridgehead atoms. The monoisotopic (exact) mass is 342 g/mol. The van der Waals surface area contributed by atoms with E-state index in [0.717, 1.165) is 56.7 Å². The van der Waals surface area contributed by atoms with Crippen LogP contribution in [0.1, 0.15) is 32.1 Å². The normalized spacial score (nSPS) is 29.0. The number of rotatable bonds is 3. The van der Waals surface area contributed by atoms with Crippen molar-refractivity contribution in [1.29, 1.82) is 0 Å². The lowest BCUT2D eigenvalue weighted by Gasteiger charge is -2.37. The minimum atomic E-state index is -0.267. The van der Waals surface area contributed by atoms with E-state index in [1.807, 2.05) is 24.3 Å². The van der Waals surface area contributed by atoms with Gasteiger partial charge >= 0.3 is 6.03 Å². The van der Waals surface area contributed by atoms with Crippen LogP contribution >= 0.6 is 0 Å². The first-order valence-corrected chi connectivity index (χ1v) is 9.37. The average Bonchev–Trinajstić information content (AvgIpc) is 3.08. The molecule has 2 aliphatic heterocycles. The van der Waals surface area contributed by atoms with Crippen LogP contribution < -0.4 is 20.9 Å². The summed E-state index contributed by atoms with van der Waals surface area (Å²) in [5.41, 5.74) is 1.33. The fraction of sp³-hybridized carbons (Fsp3) is 0.579. The first-order chi connectivity index (χ1) is 12.2. The molecular weight excluding hydrogens is 316 g/mol. The number of urea groups is 1. The first-order valence-electron chi connectivity index (χ1n) is 9.37. The topological polar surface area (TPSA) is 73.5 Å². The lowest BCUT2D eigenvalue weighted by Crippen LogP contribution is -2.46. The second-order valence-corrected chi connectivity index (χ2v) is 7.47. The van der Waals surface area contributed by atoms with Crippen LogP contribution in [-0.4, -0.2) is 38.1 Å². The summed E-state index contributed by atoms with van der Waals surface area (Å²) < 4.78 is 0. The molecule has 6 heteroatoms. The maximum Gasteiger partial charge on any atom is 0.321 e. The highest BCUT2D eigenvalue weighted by Gasteiger charge is 2.49. The van der Waals surface area contributed by atoms with Gasteiger partial charge in [0.1, 0.15) is 0 Å². The highest BCUT2D eigenvalue weighted by atomic mass is 16.2. The van der Waals surface area contributed by atoms with E-state index in [1.165, 1.54) is 6.42 Å². The zero-order valence-corrected chi connectivity index (χ0v) is 14.5. The van der Waals surface area contributed by atoms with Crippen LogP contribution in [0.3, 0.4) is 0 Å². The highest BCUT2D eigenvalue weighted by molar-refractivity contribution is 5.98. The Balaban J connectivity index is 1.52. The maximum absolute atomic E-state index is 13.1. The second-order valence-electron chi connectivity index (χ2n) is 7.47. The van der Waals surface area contributed by atoms with Crippen molar-refractivity contribution in [3.05, 3.63) is 24.3 Å². The third kappa shape index (κ3) is 2.99. The Kier molecular flexibility index (Phi) is 4.37. The third-order valence-corrected chi connectivity index (χ3v) is 5.99. The molecule has 4 rings (SSSR count). The van der Waals surface area contributed by atoms with E-state index >= 15 is 0 Å². The maximum atomic E-state index is 13.1. The van der Waals surface area contributed by atoms with Gasteiger partial charge in [-0.15, -0.1) is 0 Å². The van der Waals surface area contributed by atoms with Gasteiger partial charge < -0.3 is 16.0 Å². The SMILES string of the molecule is O=C1NCCCN1c1cccc(NC(=O)[C@@]23CCCC[C@H]2CNC3)c1. The van der Waals surface area contributed by atoms with Gasteiger partial charge in [-0.3, -0.25) is 9.69 Å². The zero-order chi connectivity index (χ0) is 17.3. The summed E-state index contributed by atoms with van der Waals surface area (Å²) in [6.45, 7) is 3.15. The fourth-order valence-corrected chi connectivity index (χ4v) is 4.57. The van der Waals surface area contributed by atoms with Gasteiger partial charge in [0, 0.05) is 31.0 Å². The number of benzene rings is 1. The van der Waals surface area contributed by atoms with E-state index in [9.17, 15) is 9.59 Å². The van der Waals surface area contributed by atoms with Crippen LogP contribution in [0.15, 0.2) is 24.3 Å². The molecule has 0 radical (unpaired) electrons. The summed E-state index contributed by atoms with van der Waals surface area (Å²) in [6.07, 6.45) is 5.37. The Hall–Kier alpha value is -2.08. The molecule has 2 atom stereocenters. The van der Waals surface area contributed by atoms with Crippen molar-refractivity contribution < 1.29 is 9.59 Å². The molecule has 3 aliphatic rings. The van der Waals surface area contributed by atoms with E-state index < -0.39 is 0 Å². The van der Waals surface area contributed by atoms with Crippen LogP contribution in [0.4, 0.5) is 16.2 Å². The van der Waals surface area contributed by atoms with Crippen molar-refractivity contribution in [2.45, 2.75) is 32.1 Å². The number of nitrogens with one attached hydrogen (secondary N) is 3. The predicted octanol–water partition coefficient (Wildman–Crippen LogP) is 2.32. The van der Waals surface area contributed by atoms with Gasteiger partial charge in [-0.05, 0) is 49.9 Å². The number of amides is 3. The van der Waals surface area contributed by atoms with Crippen LogP contribution in [0, 0.1) is 11.3 Å². The van der Waals surface area contributed by atoms with Crippen molar-refractivity contribution in [2.24, 2.45) is 11.3 Å². The molecule has 0 unspecified atom stereocenters. The summed E-state index contributed by atoms with van der Waals surface area (Å²) in [6, 6.07) is 7.55. The van der Waals surface area contributed by atoms with Gasteiger partial charge in [0.15, 0.2) is 0 Å². The van der Waals surface area contributed by atoms with Gasteiger partial charge in [0.25, 0.3) is 0 Å². The zero-order valence-electron chi connectivity index (χ0n) is 14.5. The molecule has 3 amide bonds. The summed E-state index contributed by atoms with van der Waals surface area (Å²) in [5.74, 6) is 0.569. The summed E-state index contributed by atoms with van der Waals surface area (Å²) in [7, 11) is 0. The lowest BCUT2D eigenvalue weighted by molar-refractivity contribution is -0.128. The molecule has 0 aromatic heterocycles. The van der Waals surface area contributed by atoms with Crippen molar-refractivity contribution in [3.8, 4) is 0 Å². The molecule has 2 saturated heterocycles. The van der Waals surface area contributed by atoms with Crippen molar-refractivity contribution in [3.63, 3.8) is 0 Å². The van der Waals surface area contributed by atoms with E-state index in [2.05, 4.69) is 16.0 Å². The van der Waals surface area contributed by atoms with Crippen molar-refractivity contribution >= 4 is 23.3 Å². The largest absolute Gasteiger partial charge is 0.338 e. The van der Waals surface area contributed by atoms with Crippen LogP contribution in [0.2, 0.25) is 0 Å². The number of anilines is 2. The number of fused-ring (bicyclic) bond motifs is 1. The summed E-state index contributed by atoms with van der Waals surface area (Å²) in [5, 5.41) is 9.41. The van der Waals surface area contributed by atoms with E-state index in [-0.39, 0.29) is 17.4 Å². The molecule has 1 saturated carbocycles. The Morgan fingerprint density at radius 1 is 1.28 bits per heavy atom. The minimum absolute atomic E-state index is 0.0688. The predicted molar refractivity (Wildman–Crippen MR) is 97.7 cm³/mol. The van der Waals surface area contributed by atoms with Gasteiger partial charge in [-0.25, -0.2) is 4.79 Å². The van der Waals surface area contributed by atoms with Crippen molar-refractivity contribution in [1.82, 2.24) is 10.6 Å². The molecule has 25 heavy (non-hydrogen) atoms. The van der Waals surface area contributed by atoms with Gasteiger partial charge in [0.2, 0.25) is 5.91 Å². The molecule has 3 N–H and O–H groups in total. The fourth-order valence-electron chi connectivity index (χ4n) is 4.57. The molecule has 134 valence electrons. The van der Waals surface area contributed by atoms with Gasteiger partial charge in [-0.2, -0.15) is 0 Å². The Morgan fingerprint density at radius 2 is 2.20 bits per heavy atom. The molecule has 1 aromatic carbocycles. The van der Waals surface area contributed by atoms with Crippen LogP contribution in [0.5, 0.6) is 0 Å². The molecular formula is C19H26N4O2. The Morgan fingerprint density at radius 3 is 3.08 bits per heavy atom. The average molecular weight is 342 g/mol. The number of hydrogen-bond acceptors (Lipinski definition) is 3. The highest BCUT2D eigenvalue weighted by Crippen LogP contribution is 2.44. The molecule has 1 aromatic rings. The number of hydrogen-bond donors (Lipinski definition) is 3. The van der Waals surface area contributed by atoms with Gasteiger partial charge in [0.05, 0.1) is 5.41 Å². The summed E-state index contributed by atoms with van der Waals surface area (Å²) >= 11 is 0. The Labute approximate surface area is 148 Å². The third-order valence-electron chi connectivity index (χ3n) is 5.99. The molecule has 2 heterocycles. The number of nitrogens with zero attached hydrogens (tertiary/aromatic N) is 1. The van der Waals surface area contributed by atoms with E-state index in [4.69, 9.17) is 0 Å². The Bertz CT molecular complexity index is 677. The van der Waals surface area contributed by atoms with Gasteiger partial charge in [-0.1, -0.05) is 18.9 Å². The standard InChI is InChI=1S/C19H26N4O2/c24-17(19-8-2-1-5-14(19)12-20-13-19)22-15-6-3-7-16(11-15)23-10-4-9-21-18(23)25/h3,6-7,11,14,20H,1-2,4-5,8-10,12-13H2,(H,21,25)(H,22,24)/t14-,19+/m0/s1. The van der Waals surface area contributed by atoms with Crippen LogP contribution in [0.25, 0.3) is 0 Å². The first kappa shape index (κ1) is 16.4. The number of carbonyl (C=O) groups is 2. The molecule has 0 spiro atoms. The molecule has 6 nitrogen and oxygen atoms in total. The quantitative estimate of drug-likeness (QED) is 0.789. The lowest BCUT2D eigenvalue weighted by atomic mass is 9.67. The second kappa shape index (κ2) is 6.67. The van der Waals surface area contributed by atoms with E-state index in [0.29, 0.717) is 12.5 Å². The van der Waals surface area contributed by atoms with Crippen LogP contribution in [-0.2, 0) is 4.79 Å². The number of carbonyl (C=O) groups excluding carboxylic acids is 2. The minimum Gasteiger partial charge on any atom is -0.338 e. The molecule has 3 fully saturated rings. The van der Waals surface area contributed by atoms with Crippen molar-refractivity contribution in [2.75, 3.05) is 36.4 Å². The summed E-state index contributed by atoms with van der Waals surface area (Å²) in [4.78, 5) is 26.9. The smallest absolute Gasteiger partial charge is 0.321 e.